The lowest BCUT2D eigenvalue weighted by atomic mass is 9.98. The van der Waals surface area contributed by atoms with Gasteiger partial charge in [-0.3, -0.25) is 4.90 Å². The van der Waals surface area contributed by atoms with Crippen LogP contribution in [0.25, 0.3) is 0 Å². The lowest BCUT2D eigenvalue weighted by Gasteiger charge is -2.31. The zero-order chi connectivity index (χ0) is 14.4. The van der Waals surface area contributed by atoms with Crippen LogP contribution >= 0.6 is 0 Å². The molecule has 0 saturated carbocycles. The van der Waals surface area contributed by atoms with Crippen LogP contribution in [0.15, 0.2) is 24.3 Å². The molecule has 2 rings (SSSR count). The van der Waals surface area contributed by atoms with Crippen LogP contribution in [0, 0.1) is 5.92 Å². The van der Waals surface area contributed by atoms with E-state index in [1.54, 1.807) is 0 Å². The molecule has 0 aliphatic carbocycles. The molecule has 20 heavy (non-hydrogen) atoms. The molecule has 3 heteroatoms. The van der Waals surface area contributed by atoms with Crippen LogP contribution in [-0.2, 0) is 6.54 Å². The molecule has 1 heterocycles. The summed E-state index contributed by atoms with van der Waals surface area (Å²) >= 11 is 0. The summed E-state index contributed by atoms with van der Waals surface area (Å²) in [5, 5.41) is 9.28. The molecule has 1 saturated heterocycles. The van der Waals surface area contributed by atoms with Crippen molar-refractivity contribution >= 4 is 0 Å². The number of hydrogen-bond acceptors (Lipinski definition) is 3. The van der Waals surface area contributed by atoms with Crippen molar-refractivity contribution in [3.05, 3.63) is 29.8 Å². The van der Waals surface area contributed by atoms with Gasteiger partial charge in [-0.15, -0.1) is 0 Å². The minimum atomic E-state index is 0.272. The van der Waals surface area contributed by atoms with Gasteiger partial charge in [-0.2, -0.15) is 0 Å². The molecule has 1 N–H and O–H groups in total. The average molecular weight is 277 g/mol. The molecule has 2 atom stereocenters. The fourth-order valence-electron chi connectivity index (χ4n) is 2.69. The Balaban J connectivity index is 1.87. The second-order valence-electron chi connectivity index (χ2n) is 5.91. The molecule has 1 fully saturated rings. The van der Waals surface area contributed by atoms with Crippen molar-refractivity contribution in [2.24, 2.45) is 5.92 Å². The number of piperidine rings is 1. The summed E-state index contributed by atoms with van der Waals surface area (Å²) in [4.78, 5) is 2.44. The van der Waals surface area contributed by atoms with Gasteiger partial charge in [-0.05, 0) is 56.3 Å². The molecule has 0 aromatic heterocycles. The number of hydrogen-bond donors (Lipinski definition) is 1. The molecule has 0 bridgehead atoms. The monoisotopic (exact) mass is 277 g/mol. The SMILES string of the molecule is CCC(C)Oc1ccc(CN2CCCC(CO)C2)cc1. The second-order valence-corrected chi connectivity index (χ2v) is 5.91. The molecule has 0 amide bonds. The fourth-order valence-corrected chi connectivity index (χ4v) is 2.69. The van der Waals surface area contributed by atoms with Gasteiger partial charge in [-0.1, -0.05) is 19.1 Å². The molecule has 2 unspecified atom stereocenters. The zero-order valence-corrected chi connectivity index (χ0v) is 12.7. The van der Waals surface area contributed by atoms with Gasteiger partial charge in [0.2, 0.25) is 0 Å². The summed E-state index contributed by atoms with van der Waals surface area (Å²) in [5.74, 6) is 1.41. The van der Waals surface area contributed by atoms with Crippen molar-refractivity contribution in [2.75, 3.05) is 19.7 Å². The maximum atomic E-state index is 9.28. The normalized spacial score (nSPS) is 21.6. The molecule has 0 radical (unpaired) electrons. The summed E-state index contributed by atoms with van der Waals surface area (Å²) in [6.07, 6.45) is 3.65. The predicted molar refractivity (Wildman–Crippen MR) is 81.9 cm³/mol. The van der Waals surface area contributed by atoms with E-state index in [-0.39, 0.29) is 6.10 Å². The summed E-state index contributed by atoms with van der Waals surface area (Å²) in [5.41, 5.74) is 1.32. The van der Waals surface area contributed by atoms with Gasteiger partial charge >= 0.3 is 0 Å². The third-order valence-corrected chi connectivity index (χ3v) is 4.10. The predicted octanol–water partition coefficient (Wildman–Crippen LogP) is 3.07. The molecular weight excluding hydrogens is 250 g/mol. The van der Waals surface area contributed by atoms with E-state index in [2.05, 4.69) is 43.0 Å². The first kappa shape index (κ1) is 15.3. The second kappa shape index (κ2) is 7.65. The Morgan fingerprint density at radius 2 is 2.10 bits per heavy atom. The van der Waals surface area contributed by atoms with E-state index in [4.69, 9.17) is 4.74 Å². The summed E-state index contributed by atoms with van der Waals surface area (Å²) < 4.78 is 5.80. The molecule has 0 spiro atoms. The summed E-state index contributed by atoms with van der Waals surface area (Å²) in [6.45, 7) is 7.67. The zero-order valence-electron chi connectivity index (χ0n) is 12.7. The topological polar surface area (TPSA) is 32.7 Å². The van der Waals surface area contributed by atoms with E-state index < -0.39 is 0 Å². The van der Waals surface area contributed by atoms with Crippen LogP contribution in [0.1, 0.15) is 38.7 Å². The highest BCUT2D eigenvalue weighted by Gasteiger charge is 2.19. The Bertz CT molecular complexity index is 390. The Morgan fingerprint density at radius 1 is 1.35 bits per heavy atom. The van der Waals surface area contributed by atoms with Crippen LogP contribution in [0.5, 0.6) is 5.75 Å². The third kappa shape index (κ3) is 4.50. The maximum Gasteiger partial charge on any atom is 0.119 e. The Hall–Kier alpha value is -1.06. The Labute approximate surface area is 122 Å². The van der Waals surface area contributed by atoms with Crippen molar-refractivity contribution in [1.82, 2.24) is 4.90 Å². The molecule has 1 aliphatic rings. The van der Waals surface area contributed by atoms with Crippen LogP contribution in [-0.4, -0.2) is 35.8 Å². The number of likely N-dealkylation sites (tertiary alicyclic amines) is 1. The maximum absolute atomic E-state index is 9.28. The minimum absolute atomic E-state index is 0.272. The van der Waals surface area contributed by atoms with E-state index in [0.29, 0.717) is 12.5 Å². The molecule has 1 aromatic rings. The molecular formula is C17H27NO2. The van der Waals surface area contributed by atoms with Gasteiger partial charge in [0.05, 0.1) is 6.10 Å². The first-order chi connectivity index (χ1) is 9.71. The third-order valence-electron chi connectivity index (χ3n) is 4.10. The number of benzene rings is 1. The van der Waals surface area contributed by atoms with Crippen molar-refractivity contribution in [2.45, 2.75) is 45.8 Å². The van der Waals surface area contributed by atoms with E-state index in [1.165, 1.54) is 12.0 Å². The van der Waals surface area contributed by atoms with Crippen LogP contribution < -0.4 is 4.74 Å². The van der Waals surface area contributed by atoms with Crippen molar-refractivity contribution in [3.8, 4) is 5.75 Å². The highest BCUT2D eigenvalue weighted by Crippen LogP contribution is 2.20. The average Bonchev–Trinajstić information content (AvgIpc) is 2.49. The highest BCUT2D eigenvalue weighted by atomic mass is 16.5. The van der Waals surface area contributed by atoms with E-state index >= 15 is 0 Å². The first-order valence-corrected chi connectivity index (χ1v) is 7.80. The quantitative estimate of drug-likeness (QED) is 0.867. The van der Waals surface area contributed by atoms with Gasteiger partial charge in [0.1, 0.15) is 5.75 Å². The van der Waals surface area contributed by atoms with Gasteiger partial charge in [0, 0.05) is 19.7 Å². The number of nitrogens with zero attached hydrogens (tertiary/aromatic N) is 1. The van der Waals surface area contributed by atoms with Crippen LogP contribution in [0.2, 0.25) is 0 Å². The fraction of sp³-hybridized carbons (Fsp3) is 0.647. The van der Waals surface area contributed by atoms with Crippen LogP contribution in [0.3, 0.4) is 0 Å². The molecule has 1 aliphatic heterocycles. The largest absolute Gasteiger partial charge is 0.491 e. The van der Waals surface area contributed by atoms with Crippen molar-refractivity contribution in [1.29, 1.82) is 0 Å². The van der Waals surface area contributed by atoms with Gasteiger partial charge in [0.25, 0.3) is 0 Å². The smallest absolute Gasteiger partial charge is 0.119 e. The van der Waals surface area contributed by atoms with Crippen molar-refractivity contribution in [3.63, 3.8) is 0 Å². The Morgan fingerprint density at radius 3 is 2.75 bits per heavy atom. The van der Waals surface area contributed by atoms with E-state index in [9.17, 15) is 5.11 Å². The molecule has 112 valence electrons. The highest BCUT2D eigenvalue weighted by molar-refractivity contribution is 5.27. The number of ether oxygens (including phenoxy) is 1. The van der Waals surface area contributed by atoms with E-state index in [0.717, 1.165) is 38.2 Å². The van der Waals surface area contributed by atoms with E-state index in [1.807, 2.05) is 0 Å². The standard InChI is InChI=1S/C17H27NO2/c1-3-14(2)20-17-8-6-15(7-9-17)11-18-10-4-5-16(12-18)13-19/h6-9,14,16,19H,3-5,10-13H2,1-2H3. The number of aliphatic hydroxyl groups is 1. The summed E-state index contributed by atoms with van der Waals surface area (Å²) in [7, 11) is 0. The molecule has 1 aromatic carbocycles. The summed E-state index contributed by atoms with van der Waals surface area (Å²) in [6, 6.07) is 8.43. The van der Waals surface area contributed by atoms with Crippen LogP contribution in [0.4, 0.5) is 0 Å². The van der Waals surface area contributed by atoms with Gasteiger partial charge in [-0.25, -0.2) is 0 Å². The lowest BCUT2D eigenvalue weighted by molar-refractivity contribution is 0.116. The van der Waals surface area contributed by atoms with Crippen molar-refractivity contribution < 1.29 is 9.84 Å². The van der Waals surface area contributed by atoms with Gasteiger partial charge in [0.15, 0.2) is 0 Å². The first-order valence-electron chi connectivity index (χ1n) is 7.80. The minimum Gasteiger partial charge on any atom is -0.491 e. The lowest BCUT2D eigenvalue weighted by Crippen LogP contribution is -2.36. The number of aliphatic hydroxyl groups excluding tert-OH is 1. The Kier molecular flexibility index (Phi) is 5.86. The number of rotatable bonds is 6. The van der Waals surface area contributed by atoms with Gasteiger partial charge < -0.3 is 9.84 Å². The molecule has 3 nitrogen and oxygen atoms in total.